The quantitative estimate of drug-likeness (QED) is 0.195. The maximum Gasteiger partial charge on any atom is 0.270 e. The van der Waals surface area contributed by atoms with Gasteiger partial charge in [0.05, 0.1) is 21.5 Å². The fraction of sp³-hybridized carbons (Fsp3) is 0.111. The zero-order valence-electron chi connectivity index (χ0n) is 19.5. The lowest BCUT2D eigenvalue weighted by Gasteiger charge is -2.12. The van der Waals surface area contributed by atoms with Crippen LogP contribution in [0.5, 0.6) is 0 Å². The predicted octanol–water partition coefficient (Wildman–Crippen LogP) is 6.96. The van der Waals surface area contributed by atoms with E-state index in [2.05, 4.69) is 20.5 Å². The number of hydrogen-bond donors (Lipinski definition) is 1. The first-order chi connectivity index (χ1) is 18.1. The normalized spacial score (nSPS) is 11.0. The third kappa shape index (κ3) is 6.05. The number of rotatable bonds is 9. The van der Waals surface area contributed by atoms with E-state index in [1.165, 1.54) is 28.7 Å². The third-order valence-electron chi connectivity index (χ3n) is 5.49. The Labute approximate surface area is 232 Å². The largest absolute Gasteiger partial charge is 0.350 e. The summed E-state index contributed by atoms with van der Waals surface area (Å²) in [5, 5.41) is 16.2. The van der Waals surface area contributed by atoms with E-state index in [0.717, 1.165) is 22.7 Å². The Balaban J connectivity index is 1.31. The van der Waals surface area contributed by atoms with Crippen LogP contribution in [0.4, 0.5) is 0 Å². The van der Waals surface area contributed by atoms with Crippen LogP contribution in [-0.2, 0) is 12.2 Å². The number of para-hydroxylation sites is 1. The van der Waals surface area contributed by atoms with Gasteiger partial charge in [0.1, 0.15) is 10.7 Å². The van der Waals surface area contributed by atoms with Gasteiger partial charge in [-0.05, 0) is 36.2 Å². The van der Waals surface area contributed by atoms with E-state index in [4.69, 9.17) is 23.2 Å². The molecule has 5 aromatic rings. The summed E-state index contributed by atoms with van der Waals surface area (Å²) in [5.74, 6) is 0.940. The molecule has 0 aliphatic carbocycles. The molecule has 0 unspecified atom stereocenters. The van der Waals surface area contributed by atoms with Gasteiger partial charge in [-0.15, -0.1) is 21.5 Å². The molecule has 1 N–H and O–H groups in total. The fourth-order valence-corrected chi connectivity index (χ4v) is 5.87. The molecule has 5 rings (SSSR count). The smallest absolute Gasteiger partial charge is 0.270 e. The summed E-state index contributed by atoms with van der Waals surface area (Å²) in [7, 11) is 0. The number of carbonyl (C=O) groups is 1. The van der Waals surface area contributed by atoms with Crippen molar-refractivity contribution in [1.29, 1.82) is 0 Å². The van der Waals surface area contributed by atoms with E-state index in [1.54, 1.807) is 5.38 Å². The lowest BCUT2D eigenvalue weighted by atomic mass is 10.1. The zero-order chi connectivity index (χ0) is 25.6. The van der Waals surface area contributed by atoms with Crippen molar-refractivity contribution in [1.82, 2.24) is 25.1 Å². The van der Waals surface area contributed by atoms with Crippen LogP contribution in [0.3, 0.4) is 0 Å². The summed E-state index contributed by atoms with van der Waals surface area (Å²) in [6, 6.07) is 25.1. The third-order valence-corrected chi connectivity index (χ3v) is 8.11. The SMILES string of the molecule is O=C(NCCc1ccccc1)c1csc(CSc2nnc(-c3ccccc3Cl)n2-c2ccccc2Cl)n1. The summed E-state index contributed by atoms with van der Waals surface area (Å²) < 4.78 is 1.90. The lowest BCUT2D eigenvalue weighted by molar-refractivity contribution is 0.0949. The second-order valence-corrected chi connectivity index (χ2v) is 10.7. The Hall–Kier alpha value is -3.17. The topological polar surface area (TPSA) is 72.7 Å². The number of benzene rings is 3. The zero-order valence-corrected chi connectivity index (χ0v) is 22.6. The average molecular weight is 567 g/mol. The summed E-state index contributed by atoms with van der Waals surface area (Å²) in [5.41, 5.74) is 3.10. The molecule has 0 saturated heterocycles. The minimum Gasteiger partial charge on any atom is -0.350 e. The van der Waals surface area contributed by atoms with Crippen molar-refractivity contribution in [3.05, 3.63) is 111 Å². The van der Waals surface area contributed by atoms with Crippen LogP contribution < -0.4 is 5.32 Å². The first-order valence-corrected chi connectivity index (χ1v) is 14.1. The molecule has 186 valence electrons. The fourth-order valence-electron chi connectivity index (χ4n) is 3.69. The standard InChI is InChI=1S/C27H21Cl2N5OS2/c28-20-11-5-4-10-19(20)25-32-33-27(34(25)23-13-7-6-12-21(23)29)37-17-24-31-22(16-36-24)26(35)30-15-14-18-8-2-1-3-9-18/h1-13,16H,14-15,17H2,(H,30,35). The van der Waals surface area contributed by atoms with Crippen molar-refractivity contribution in [2.24, 2.45) is 0 Å². The molecule has 0 saturated carbocycles. The molecule has 0 aliphatic heterocycles. The molecule has 0 aliphatic rings. The van der Waals surface area contributed by atoms with Crippen LogP contribution in [-0.4, -0.2) is 32.2 Å². The maximum atomic E-state index is 12.6. The van der Waals surface area contributed by atoms with Crippen LogP contribution >= 0.6 is 46.3 Å². The number of nitrogens with one attached hydrogen (secondary N) is 1. The Morgan fingerprint density at radius 2 is 1.65 bits per heavy atom. The van der Waals surface area contributed by atoms with Gasteiger partial charge in [-0.25, -0.2) is 4.98 Å². The molecule has 2 heterocycles. The van der Waals surface area contributed by atoms with E-state index >= 15 is 0 Å². The molecule has 2 aromatic heterocycles. The van der Waals surface area contributed by atoms with E-state index in [0.29, 0.717) is 39.0 Å². The second kappa shape index (κ2) is 11.9. The maximum absolute atomic E-state index is 12.6. The molecule has 1 amide bonds. The first-order valence-electron chi connectivity index (χ1n) is 11.4. The molecular formula is C27H21Cl2N5OS2. The number of carbonyl (C=O) groups excluding carboxylic acids is 1. The van der Waals surface area contributed by atoms with Crippen LogP contribution in [0.15, 0.2) is 89.4 Å². The minimum absolute atomic E-state index is 0.177. The van der Waals surface area contributed by atoms with Crippen molar-refractivity contribution in [2.45, 2.75) is 17.3 Å². The number of aromatic nitrogens is 4. The van der Waals surface area contributed by atoms with Gasteiger partial charge < -0.3 is 5.32 Å². The monoisotopic (exact) mass is 565 g/mol. The summed E-state index contributed by atoms with van der Waals surface area (Å²) in [6.07, 6.45) is 0.769. The predicted molar refractivity (Wildman–Crippen MR) is 151 cm³/mol. The number of thiazole rings is 1. The van der Waals surface area contributed by atoms with Gasteiger partial charge in [-0.3, -0.25) is 9.36 Å². The van der Waals surface area contributed by atoms with Gasteiger partial charge in [-0.2, -0.15) is 0 Å². The van der Waals surface area contributed by atoms with Crippen molar-refractivity contribution in [3.8, 4) is 17.1 Å². The Morgan fingerprint density at radius 3 is 2.43 bits per heavy atom. The molecule has 6 nitrogen and oxygen atoms in total. The van der Waals surface area contributed by atoms with Crippen molar-refractivity contribution < 1.29 is 4.79 Å². The molecule has 3 aromatic carbocycles. The highest BCUT2D eigenvalue weighted by molar-refractivity contribution is 7.98. The highest BCUT2D eigenvalue weighted by Crippen LogP contribution is 2.35. The van der Waals surface area contributed by atoms with Gasteiger partial charge in [0, 0.05) is 17.5 Å². The van der Waals surface area contributed by atoms with Crippen molar-refractivity contribution in [3.63, 3.8) is 0 Å². The molecular weight excluding hydrogens is 545 g/mol. The van der Waals surface area contributed by atoms with E-state index in [-0.39, 0.29) is 5.91 Å². The van der Waals surface area contributed by atoms with Crippen LogP contribution in [0.2, 0.25) is 10.0 Å². The molecule has 0 radical (unpaired) electrons. The van der Waals surface area contributed by atoms with Crippen LogP contribution in [0.1, 0.15) is 21.1 Å². The molecule has 10 heteroatoms. The summed E-state index contributed by atoms with van der Waals surface area (Å²) in [6.45, 7) is 0.552. The molecule has 0 atom stereocenters. The number of amides is 1. The van der Waals surface area contributed by atoms with Crippen molar-refractivity contribution in [2.75, 3.05) is 6.54 Å². The number of halogens is 2. The van der Waals surface area contributed by atoms with Gasteiger partial charge in [-0.1, -0.05) is 89.6 Å². The minimum atomic E-state index is -0.177. The number of thioether (sulfide) groups is 1. The highest BCUT2D eigenvalue weighted by atomic mass is 35.5. The Kier molecular flexibility index (Phi) is 8.21. The van der Waals surface area contributed by atoms with Crippen molar-refractivity contribution >= 4 is 52.2 Å². The molecule has 0 bridgehead atoms. The van der Waals surface area contributed by atoms with E-state index < -0.39 is 0 Å². The summed E-state index contributed by atoms with van der Waals surface area (Å²) in [4.78, 5) is 17.1. The van der Waals surface area contributed by atoms with E-state index in [9.17, 15) is 4.79 Å². The number of nitrogens with zero attached hydrogens (tertiary/aromatic N) is 4. The Bertz CT molecular complexity index is 1520. The number of hydrogen-bond acceptors (Lipinski definition) is 6. The molecule has 37 heavy (non-hydrogen) atoms. The highest BCUT2D eigenvalue weighted by Gasteiger charge is 2.20. The van der Waals surface area contributed by atoms with Crippen LogP contribution in [0.25, 0.3) is 17.1 Å². The second-order valence-electron chi connectivity index (χ2n) is 7.98. The molecule has 0 fully saturated rings. The van der Waals surface area contributed by atoms with Gasteiger partial charge >= 0.3 is 0 Å². The first kappa shape index (κ1) is 25.5. The van der Waals surface area contributed by atoms with Gasteiger partial charge in [0.25, 0.3) is 5.91 Å². The van der Waals surface area contributed by atoms with Gasteiger partial charge in [0.15, 0.2) is 11.0 Å². The van der Waals surface area contributed by atoms with Crippen LogP contribution in [0, 0.1) is 0 Å². The average Bonchev–Trinajstić information content (AvgIpc) is 3.56. The summed E-state index contributed by atoms with van der Waals surface area (Å²) >= 11 is 15.9. The lowest BCUT2D eigenvalue weighted by Crippen LogP contribution is -2.26. The Morgan fingerprint density at radius 1 is 0.919 bits per heavy atom. The van der Waals surface area contributed by atoms with E-state index in [1.807, 2.05) is 83.4 Å². The van der Waals surface area contributed by atoms with Gasteiger partial charge in [0.2, 0.25) is 0 Å². The molecule has 0 spiro atoms.